The second-order valence-corrected chi connectivity index (χ2v) is 7.21. The van der Waals surface area contributed by atoms with E-state index in [9.17, 15) is 9.18 Å². The van der Waals surface area contributed by atoms with Gasteiger partial charge in [-0.1, -0.05) is 37.6 Å². The lowest BCUT2D eigenvalue weighted by molar-refractivity contribution is -0.892. The van der Waals surface area contributed by atoms with Crippen LogP contribution in [0.1, 0.15) is 25.3 Å². The number of para-hydroxylation sites is 1. The second-order valence-electron chi connectivity index (χ2n) is 7.21. The van der Waals surface area contributed by atoms with E-state index in [1.165, 1.54) is 29.4 Å². The molecule has 0 spiro atoms. The molecule has 0 aromatic heterocycles. The minimum Gasteiger partial charge on any atom is -0.358 e. The van der Waals surface area contributed by atoms with Crippen LogP contribution >= 0.6 is 0 Å². The lowest BCUT2D eigenvalue weighted by Crippen LogP contribution is -3.15. The molecule has 1 aliphatic rings. The Kier molecular flexibility index (Phi) is 6.82. The van der Waals surface area contributed by atoms with Crippen molar-refractivity contribution in [2.24, 2.45) is 0 Å². The topological polar surface area (TPSA) is 36.8 Å². The Morgan fingerprint density at radius 1 is 1.11 bits per heavy atom. The summed E-state index contributed by atoms with van der Waals surface area (Å²) in [6.07, 6.45) is 3.46. The van der Waals surface area contributed by atoms with Crippen LogP contribution in [-0.2, 0) is 11.2 Å². The predicted octanol–water partition coefficient (Wildman–Crippen LogP) is 2.51. The predicted molar refractivity (Wildman–Crippen MR) is 108 cm³/mol. The van der Waals surface area contributed by atoms with E-state index in [2.05, 4.69) is 29.3 Å². The van der Waals surface area contributed by atoms with Crippen molar-refractivity contribution in [3.63, 3.8) is 0 Å². The third-order valence-corrected chi connectivity index (χ3v) is 5.13. The maximum atomic E-state index is 13.9. The summed E-state index contributed by atoms with van der Waals surface area (Å²) in [5.74, 6) is -0.147. The van der Waals surface area contributed by atoms with Gasteiger partial charge in [0.15, 0.2) is 6.54 Å². The molecular formula is C22H29FN3O+. The van der Waals surface area contributed by atoms with Gasteiger partial charge in [-0.3, -0.25) is 4.79 Å². The van der Waals surface area contributed by atoms with E-state index in [4.69, 9.17) is 0 Å². The number of nitrogens with zero attached hydrogens (tertiary/aromatic N) is 1. The average Bonchev–Trinajstić information content (AvgIpc) is 2.68. The minimum atomic E-state index is -0.180. The van der Waals surface area contributed by atoms with Crippen molar-refractivity contribution in [1.82, 2.24) is 0 Å². The van der Waals surface area contributed by atoms with E-state index in [1.807, 2.05) is 24.3 Å². The van der Waals surface area contributed by atoms with Gasteiger partial charge in [0.1, 0.15) is 5.82 Å². The van der Waals surface area contributed by atoms with Crippen LogP contribution < -0.4 is 15.1 Å². The summed E-state index contributed by atoms with van der Waals surface area (Å²) in [4.78, 5) is 15.6. The number of hydrogen-bond donors (Lipinski definition) is 2. The van der Waals surface area contributed by atoms with Crippen molar-refractivity contribution in [2.75, 3.05) is 42.9 Å². The first kappa shape index (κ1) is 19.4. The number of amides is 1. The summed E-state index contributed by atoms with van der Waals surface area (Å²) in [6, 6.07) is 15.0. The molecule has 0 unspecified atom stereocenters. The molecule has 2 aromatic rings. The van der Waals surface area contributed by atoms with Gasteiger partial charge in [0.05, 0.1) is 31.9 Å². The van der Waals surface area contributed by atoms with Crippen LogP contribution in [0, 0.1) is 5.82 Å². The molecule has 0 atom stereocenters. The van der Waals surface area contributed by atoms with Crippen molar-refractivity contribution in [2.45, 2.75) is 26.2 Å². The Labute approximate surface area is 161 Å². The minimum absolute atomic E-state index is 0.0330. The fourth-order valence-corrected chi connectivity index (χ4v) is 3.52. The summed E-state index contributed by atoms with van der Waals surface area (Å²) < 4.78 is 13.9. The highest BCUT2D eigenvalue weighted by Crippen LogP contribution is 2.18. The van der Waals surface area contributed by atoms with E-state index in [0.717, 1.165) is 38.3 Å². The van der Waals surface area contributed by atoms with Crippen LogP contribution in [0.3, 0.4) is 0 Å². The molecule has 2 N–H and O–H groups in total. The summed E-state index contributed by atoms with van der Waals surface area (Å²) in [5.41, 5.74) is 2.82. The largest absolute Gasteiger partial charge is 0.358 e. The molecule has 144 valence electrons. The molecule has 3 rings (SSSR count). The number of anilines is 2. The molecule has 0 aliphatic carbocycles. The van der Waals surface area contributed by atoms with Crippen LogP contribution in [0.25, 0.3) is 0 Å². The molecule has 27 heavy (non-hydrogen) atoms. The monoisotopic (exact) mass is 370 g/mol. The summed E-state index contributed by atoms with van der Waals surface area (Å²) in [5, 5.41) is 2.99. The van der Waals surface area contributed by atoms with Crippen molar-refractivity contribution in [3.8, 4) is 0 Å². The Balaban J connectivity index is 1.45. The van der Waals surface area contributed by atoms with Crippen molar-refractivity contribution >= 4 is 17.3 Å². The fourth-order valence-electron chi connectivity index (χ4n) is 3.52. The van der Waals surface area contributed by atoms with Crippen LogP contribution in [0.2, 0.25) is 0 Å². The molecular weight excluding hydrogens is 341 g/mol. The van der Waals surface area contributed by atoms with Crippen LogP contribution in [0.5, 0.6) is 0 Å². The number of halogens is 1. The first-order valence-corrected chi connectivity index (χ1v) is 9.87. The molecule has 0 radical (unpaired) electrons. The maximum absolute atomic E-state index is 13.9. The van der Waals surface area contributed by atoms with Crippen molar-refractivity contribution in [1.29, 1.82) is 0 Å². The van der Waals surface area contributed by atoms with Gasteiger partial charge in [0.2, 0.25) is 0 Å². The highest BCUT2D eigenvalue weighted by Gasteiger charge is 2.23. The summed E-state index contributed by atoms with van der Waals surface area (Å²) in [6.45, 7) is 5.82. The number of piperazine rings is 1. The molecule has 1 amide bonds. The number of rotatable bonds is 7. The zero-order chi connectivity index (χ0) is 19.1. The molecule has 2 aromatic carbocycles. The zero-order valence-electron chi connectivity index (χ0n) is 16.0. The van der Waals surface area contributed by atoms with Gasteiger partial charge >= 0.3 is 0 Å². The number of quaternary nitrogens is 1. The fraction of sp³-hybridized carbons (Fsp3) is 0.409. The first-order valence-electron chi connectivity index (χ1n) is 9.87. The van der Waals surface area contributed by atoms with Gasteiger partial charge < -0.3 is 15.1 Å². The van der Waals surface area contributed by atoms with E-state index in [1.54, 1.807) is 6.07 Å². The standard InChI is InChI=1S/C22H28FN3O/c1-2-3-6-18-9-11-19(12-10-18)24-22(27)17-25-13-15-26(16-14-25)21-8-5-4-7-20(21)23/h4-5,7-12H,2-3,6,13-17H2,1H3,(H,24,27)/p+1. The maximum Gasteiger partial charge on any atom is 0.279 e. The number of unbranched alkanes of at least 4 members (excludes halogenated alkanes) is 1. The summed E-state index contributed by atoms with van der Waals surface area (Å²) >= 11 is 0. The molecule has 1 aliphatic heterocycles. The Hall–Kier alpha value is -2.40. The average molecular weight is 370 g/mol. The number of hydrogen-bond acceptors (Lipinski definition) is 2. The van der Waals surface area contributed by atoms with Crippen LogP contribution in [0.4, 0.5) is 15.8 Å². The molecule has 1 saturated heterocycles. The number of aryl methyl sites for hydroxylation is 1. The van der Waals surface area contributed by atoms with Crippen LogP contribution in [-0.4, -0.2) is 38.6 Å². The third kappa shape index (κ3) is 5.54. The SMILES string of the molecule is CCCCc1ccc(NC(=O)C[NH+]2CCN(c3ccccc3F)CC2)cc1. The van der Waals surface area contributed by atoms with Gasteiger partial charge in [-0.15, -0.1) is 0 Å². The zero-order valence-corrected chi connectivity index (χ0v) is 16.0. The van der Waals surface area contributed by atoms with Gasteiger partial charge in [-0.2, -0.15) is 0 Å². The van der Waals surface area contributed by atoms with Gasteiger partial charge in [0.25, 0.3) is 5.91 Å². The van der Waals surface area contributed by atoms with E-state index >= 15 is 0 Å². The van der Waals surface area contributed by atoms with Crippen molar-refractivity contribution < 1.29 is 14.1 Å². The molecule has 1 heterocycles. The van der Waals surface area contributed by atoms with E-state index < -0.39 is 0 Å². The van der Waals surface area contributed by atoms with Gasteiger partial charge in [-0.05, 0) is 42.7 Å². The third-order valence-electron chi connectivity index (χ3n) is 5.13. The summed E-state index contributed by atoms with van der Waals surface area (Å²) in [7, 11) is 0. The molecule has 4 nitrogen and oxygen atoms in total. The second kappa shape index (κ2) is 9.51. The number of nitrogens with one attached hydrogen (secondary N) is 2. The van der Waals surface area contributed by atoms with E-state index in [-0.39, 0.29) is 11.7 Å². The number of carbonyl (C=O) groups excluding carboxylic acids is 1. The van der Waals surface area contributed by atoms with Crippen LogP contribution in [0.15, 0.2) is 48.5 Å². The quantitative estimate of drug-likeness (QED) is 0.786. The molecule has 5 heteroatoms. The number of benzene rings is 2. The molecule has 0 bridgehead atoms. The van der Waals surface area contributed by atoms with Crippen molar-refractivity contribution in [3.05, 3.63) is 59.9 Å². The lowest BCUT2D eigenvalue weighted by atomic mass is 10.1. The van der Waals surface area contributed by atoms with Gasteiger partial charge in [-0.25, -0.2) is 4.39 Å². The highest BCUT2D eigenvalue weighted by molar-refractivity contribution is 5.91. The molecule has 0 saturated carbocycles. The first-order chi connectivity index (χ1) is 13.2. The Bertz CT molecular complexity index is 739. The van der Waals surface area contributed by atoms with Gasteiger partial charge in [0, 0.05) is 5.69 Å². The lowest BCUT2D eigenvalue weighted by Gasteiger charge is -2.33. The smallest absolute Gasteiger partial charge is 0.279 e. The highest BCUT2D eigenvalue weighted by atomic mass is 19.1. The Morgan fingerprint density at radius 3 is 2.48 bits per heavy atom. The Morgan fingerprint density at radius 2 is 1.81 bits per heavy atom. The normalized spacial score (nSPS) is 15.0. The molecule has 1 fully saturated rings. The van der Waals surface area contributed by atoms with E-state index in [0.29, 0.717) is 12.2 Å². The number of carbonyl (C=O) groups is 1.